The van der Waals surface area contributed by atoms with Crippen molar-refractivity contribution in [3.8, 4) is 0 Å². The Kier molecular flexibility index (Phi) is 4.42. The maximum atomic E-state index is 4.98. The summed E-state index contributed by atoms with van der Waals surface area (Å²) in [5.74, 6) is 0. The van der Waals surface area contributed by atoms with Gasteiger partial charge in [-0.05, 0) is 33.0 Å². The maximum Gasteiger partial charge on any atom is 0.186 e. The van der Waals surface area contributed by atoms with Crippen molar-refractivity contribution >= 4 is 23.5 Å². The highest BCUT2D eigenvalue weighted by Crippen LogP contribution is 2.08. The molecule has 1 rings (SSSR count). The Hall–Kier alpha value is -1.43. The summed E-state index contributed by atoms with van der Waals surface area (Å²) < 4.78 is 1.83. The molecule has 5 nitrogen and oxygen atoms in total. The molecule has 0 fully saturated rings. The topological polar surface area (TPSA) is 54.2 Å². The summed E-state index contributed by atoms with van der Waals surface area (Å²) in [6.07, 6.45) is 1.74. The van der Waals surface area contributed by atoms with E-state index in [1.54, 1.807) is 6.21 Å². The number of rotatable bonds is 3. The summed E-state index contributed by atoms with van der Waals surface area (Å²) in [6, 6.07) is 0. The standard InChI is InChI=1S/C10H17N5S/c1-5-11-10(16)13-12-6-9-7(2)14-15(4)8(9)3/h6H,5H2,1-4H3,(H2,11,13,16)/b12-6-. The van der Waals surface area contributed by atoms with E-state index in [-0.39, 0.29) is 0 Å². The SMILES string of the molecule is CCNC(=S)N/N=C\c1c(C)nn(C)c1C. The van der Waals surface area contributed by atoms with Gasteiger partial charge in [-0.1, -0.05) is 0 Å². The van der Waals surface area contributed by atoms with Gasteiger partial charge in [-0.25, -0.2) is 0 Å². The molecular weight excluding hydrogens is 222 g/mol. The van der Waals surface area contributed by atoms with Gasteiger partial charge in [0.15, 0.2) is 5.11 Å². The molecule has 0 spiro atoms. The molecule has 0 saturated heterocycles. The molecule has 0 aliphatic carbocycles. The highest BCUT2D eigenvalue weighted by atomic mass is 32.1. The molecule has 0 aliphatic rings. The monoisotopic (exact) mass is 239 g/mol. The molecule has 6 heteroatoms. The highest BCUT2D eigenvalue weighted by Gasteiger charge is 2.06. The van der Waals surface area contributed by atoms with Crippen molar-refractivity contribution in [2.45, 2.75) is 20.8 Å². The van der Waals surface area contributed by atoms with E-state index >= 15 is 0 Å². The average Bonchev–Trinajstić information content (AvgIpc) is 2.45. The lowest BCUT2D eigenvalue weighted by Gasteiger charge is -2.02. The number of aryl methyl sites for hydroxylation is 2. The number of nitrogens with zero attached hydrogens (tertiary/aromatic N) is 3. The van der Waals surface area contributed by atoms with Crippen LogP contribution in [-0.2, 0) is 7.05 Å². The van der Waals surface area contributed by atoms with Gasteiger partial charge in [-0.15, -0.1) is 0 Å². The third-order valence-corrected chi connectivity index (χ3v) is 2.50. The lowest BCUT2D eigenvalue weighted by molar-refractivity contribution is 0.731. The van der Waals surface area contributed by atoms with E-state index in [0.717, 1.165) is 23.5 Å². The first-order valence-electron chi connectivity index (χ1n) is 5.13. The Balaban J connectivity index is 2.66. The molecule has 0 amide bonds. The third kappa shape index (κ3) is 3.03. The minimum Gasteiger partial charge on any atom is -0.362 e. The molecule has 0 bridgehead atoms. The van der Waals surface area contributed by atoms with E-state index in [1.807, 2.05) is 32.5 Å². The predicted octanol–water partition coefficient (Wildman–Crippen LogP) is 0.855. The number of thiocarbonyl (C=S) groups is 1. The normalized spacial score (nSPS) is 10.8. The smallest absolute Gasteiger partial charge is 0.186 e. The van der Waals surface area contributed by atoms with Crippen LogP contribution in [0.25, 0.3) is 0 Å². The van der Waals surface area contributed by atoms with Crippen LogP contribution in [0.4, 0.5) is 0 Å². The van der Waals surface area contributed by atoms with Crippen molar-refractivity contribution in [1.82, 2.24) is 20.5 Å². The minimum absolute atomic E-state index is 0.526. The number of aromatic nitrogens is 2. The number of hydrogen-bond acceptors (Lipinski definition) is 3. The van der Waals surface area contributed by atoms with E-state index < -0.39 is 0 Å². The van der Waals surface area contributed by atoms with Crippen molar-refractivity contribution < 1.29 is 0 Å². The minimum atomic E-state index is 0.526. The van der Waals surface area contributed by atoms with Crippen molar-refractivity contribution in [3.05, 3.63) is 17.0 Å². The zero-order valence-corrected chi connectivity index (χ0v) is 10.9. The van der Waals surface area contributed by atoms with Gasteiger partial charge >= 0.3 is 0 Å². The summed E-state index contributed by atoms with van der Waals surface area (Å²) >= 11 is 4.98. The van der Waals surface area contributed by atoms with E-state index in [4.69, 9.17) is 12.2 Å². The van der Waals surface area contributed by atoms with Crippen LogP contribution in [0.15, 0.2) is 5.10 Å². The van der Waals surface area contributed by atoms with Crippen molar-refractivity contribution in [2.75, 3.05) is 6.54 Å². The third-order valence-electron chi connectivity index (χ3n) is 2.26. The number of nitrogens with one attached hydrogen (secondary N) is 2. The Bertz CT molecular complexity index is 408. The Morgan fingerprint density at radius 1 is 1.56 bits per heavy atom. The second-order valence-electron chi connectivity index (χ2n) is 3.44. The van der Waals surface area contributed by atoms with E-state index in [0.29, 0.717) is 5.11 Å². The number of hydrogen-bond donors (Lipinski definition) is 2. The zero-order chi connectivity index (χ0) is 12.1. The molecule has 1 aromatic rings. The molecular formula is C10H17N5S. The Morgan fingerprint density at radius 3 is 2.75 bits per heavy atom. The van der Waals surface area contributed by atoms with E-state index in [2.05, 4.69) is 20.9 Å². The molecule has 0 unspecified atom stereocenters. The molecule has 0 radical (unpaired) electrons. The first kappa shape index (κ1) is 12.6. The molecule has 16 heavy (non-hydrogen) atoms. The largest absolute Gasteiger partial charge is 0.362 e. The van der Waals surface area contributed by atoms with Gasteiger partial charge in [0.1, 0.15) is 0 Å². The van der Waals surface area contributed by atoms with Crippen LogP contribution in [0.1, 0.15) is 23.9 Å². The fourth-order valence-electron chi connectivity index (χ4n) is 1.33. The van der Waals surface area contributed by atoms with Crippen LogP contribution in [0, 0.1) is 13.8 Å². The van der Waals surface area contributed by atoms with Gasteiger partial charge < -0.3 is 5.32 Å². The molecule has 1 heterocycles. The van der Waals surface area contributed by atoms with Crippen LogP contribution in [-0.4, -0.2) is 27.7 Å². The second-order valence-corrected chi connectivity index (χ2v) is 3.85. The second kappa shape index (κ2) is 5.60. The molecule has 0 aromatic carbocycles. The molecule has 1 aromatic heterocycles. The van der Waals surface area contributed by atoms with Gasteiger partial charge in [0.25, 0.3) is 0 Å². The highest BCUT2D eigenvalue weighted by molar-refractivity contribution is 7.80. The molecule has 2 N–H and O–H groups in total. The van der Waals surface area contributed by atoms with Gasteiger partial charge in [-0.2, -0.15) is 10.2 Å². The van der Waals surface area contributed by atoms with Gasteiger partial charge in [-0.3, -0.25) is 10.1 Å². The summed E-state index contributed by atoms with van der Waals surface area (Å²) in [6.45, 7) is 6.72. The van der Waals surface area contributed by atoms with Crippen molar-refractivity contribution in [2.24, 2.45) is 12.1 Å². The van der Waals surface area contributed by atoms with Crippen LogP contribution in [0.3, 0.4) is 0 Å². The van der Waals surface area contributed by atoms with E-state index in [1.165, 1.54) is 0 Å². The zero-order valence-electron chi connectivity index (χ0n) is 10.0. The Morgan fingerprint density at radius 2 is 2.25 bits per heavy atom. The van der Waals surface area contributed by atoms with Gasteiger partial charge in [0, 0.05) is 24.8 Å². The lowest BCUT2D eigenvalue weighted by Crippen LogP contribution is -2.31. The first-order valence-corrected chi connectivity index (χ1v) is 5.54. The van der Waals surface area contributed by atoms with Crippen LogP contribution in [0.2, 0.25) is 0 Å². The quantitative estimate of drug-likeness (QED) is 0.466. The fourth-order valence-corrected chi connectivity index (χ4v) is 1.53. The lowest BCUT2D eigenvalue weighted by atomic mass is 10.2. The first-order chi connectivity index (χ1) is 7.56. The van der Waals surface area contributed by atoms with Gasteiger partial charge in [0.05, 0.1) is 11.9 Å². The van der Waals surface area contributed by atoms with Gasteiger partial charge in [0.2, 0.25) is 0 Å². The van der Waals surface area contributed by atoms with Crippen molar-refractivity contribution in [3.63, 3.8) is 0 Å². The molecule has 0 saturated carbocycles. The summed E-state index contributed by atoms with van der Waals surface area (Å²) in [4.78, 5) is 0. The maximum absolute atomic E-state index is 4.98. The fraction of sp³-hybridized carbons (Fsp3) is 0.500. The Labute approximate surface area is 101 Å². The van der Waals surface area contributed by atoms with E-state index in [9.17, 15) is 0 Å². The van der Waals surface area contributed by atoms with Crippen LogP contribution in [0.5, 0.6) is 0 Å². The summed E-state index contributed by atoms with van der Waals surface area (Å²) in [5, 5.41) is 11.8. The molecule has 0 atom stereocenters. The number of hydrazone groups is 1. The van der Waals surface area contributed by atoms with Crippen LogP contribution < -0.4 is 10.7 Å². The summed E-state index contributed by atoms with van der Waals surface area (Å²) in [5.41, 5.74) is 5.81. The van der Waals surface area contributed by atoms with Crippen molar-refractivity contribution in [1.29, 1.82) is 0 Å². The average molecular weight is 239 g/mol. The molecule has 88 valence electrons. The summed E-state index contributed by atoms with van der Waals surface area (Å²) in [7, 11) is 1.91. The predicted molar refractivity (Wildman–Crippen MR) is 69.7 cm³/mol. The van der Waals surface area contributed by atoms with Crippen LogP contribution >= 0.6 is 12.2 Å². The molecule has 0 aliphatic heterocycles.